The van der Waals surface area contributed by atoms with Gasteiger partial charge in [-0.2, -0.15) is 0 Å². The van der Waals surface area contributed by atoms with Crippen molar-refractivity contribution in [2.75, 3.05) is 14.2 Å². The molecular formula is C16H21NO4. The third kappa shape index (κ3) is 5.38. The largest absolute Gasteiger partial charge is 0.469 e. The van der Waals surface area contributed by atoms with E-state index in [4.69, 9.17) is 4.74 Å². The molecule has 1 rings (SSSR count). The Kier molecular flexibility index (Phi) is 6.59. The number of hydrogen-bond donors (Lipinski definition) is 0. The molecule has 1 unspecified atom stereocenters. The van der Waals surface area contributed by atoms with Gasteiger partial charge in [0, 0.05) is 12.6 Å². The first-order chi connectivity index (χ1) is 10.0. The predicted octanol–water partition coefficient (Wildman–Crippen LogP) is 2.38. The molecule has 0 aliphatic carbocycles. The fourth-order valence-corrected chi connectivity index (χ4v) is 1.87. The first-order valence-electron chi connectivity index (χ1n) is 6.77. The number of benzene rings is 1. The quantitative estimate of drug-likeness (QED) is 0.571. The van der Waals surface area contributed by atoms with Gasteiger partial charge in [0.2, 0.25) is 0 Å². The first-order valence-corrected chi connectivity index (χ1v) is 6.77. The number of aliphatic imine (C=N–C) groups is 1. The van der Waals surface area contributed by atoms with Crippen molar-refractivity contribution in [3.63, 3.8) is 0 Å². The smallest absolute Gasteiger partial charge is 0.333 e. The van der Waals surface area contributed by atoms with Crippen LogP contribution in [0.2, 0.25) is 0 Å². The normalized spacial score (nSPS) is 13.7. The zero-order valence-electron chi connectivity index (χ0n) is 12.7. The van der Waals surface area contributed by atoms with Crippen LogP contribution in [-0.4, -0.2) is 37.9 Å². The highest BCUT2D eigenvalue weighted by atomic mass is 16.5. The summed E-state index contributed by atoms with van der Waals surface area (Å²) >= 11 is 0. The number of methoxy groups -OCH3 is 2. The van der Waals surface area contributed by atoms with Crippen LogP contribution in [0.3, 0.4) is 0 Å². The molecule has 0 saturated heterocycles. The number of rotatable bonds is 7. The molecule has 0 N–H and O–H groups in total. The van der Waals surface area contributed by atoms with Crippen LogP contribution in [0.5, 0.6) is 0 Å². The van der Waals surface area contributed by atoms with Crippen molar-refractivity contribution in [2.45, 2.75) is 31.7 Å². The van der Waals surface area contributed by atoms with Crippen molar-refractivity contribution in [1.82, 2.24) is 0 Å². The average Bonchev–Trinajstić information content (AvgIpc) is 2.52. The van der Waals surface area contributed by atoms with Gasteiger partial charge in [-0.15, -0.1) is 0 Å². The molecule has 0 aromatic heterocycles. The lowest BCUT2D eigenvalue weighted by Gasteiger charge is -2.21. The highest BCUT2D eigenvalue weighted by Crippen LogP contribution is 2.21. The minimum Gasteiger partial charge on any atom is -0.469 e. The van der Waals surface area contributed by atoms with Crippen LogP contribution >= 0.6 is 0 Å². The molecule has 0 bridgehead atoms. The summed E-state index contributed by atoms with van der Waals surface area (Å²) in [7, 11) is 2.67. The van der Waals surface area contributed by atoms with E-state index in [0.717, 1.165) is 5.56 Å². The molecule has 0 fully saturated rings. The van der Waals surface area contributed by atoms with Crippen LogP contribution in [0.15, 0.2) is 35.3 Å². The monoisotopic (exact) mass is 291 g/mol. The maximum Gasteiger partial charge on any atom is 0.333 e. The fourth-order valence-electron chi connectivity index (χ4n) is 1.87. The standard InChI is InChI=1S/C16H21NO4/c1-16(15(19)21-3,11-7-10-14(18)20-2)17-12-13-8-5-4-6-9-13/h4-6,8-9,12H,7,10-11H2,1-3H3. The number of carbonyl (C=O) groups excluding carboxylic acids is 2. The van der Waals surface area contributed by atoms with E-state index < -0.39 is 11.5 Å². The molecule has 114 valence electrons. The first kappa shape index (κ1) is 16.9. The van der Waals surface area contributed by atoms with Gasteiger partial charge in [-0.25, -0.2) is 4.79 Å². The molecule has 5 nitrogen and oxygen atoms in total. The van der Waals surface area contributed by atoms with E-state index in [2.05, 4.69) is 9.73 Å². The molecule has 1 aromatic rings. The predicted molar refractivity (Wildman–Crippen MR) is 80.3 cm³/mol. The van der Waals surface area contributed by atoms with Crippen molar-refractivity contribution in [3.05, 3.63) is 35.9 Å². The fraction of sp³-hybridized carbons (Fsp3) is 0.438. The van der Waals surface area contributed by atoms with E-state index in [-0.39, 0.29) is 12.4 Å². The molecule has 1 atom stereocenters. The zero-order valence-corrected chi connectivity index (χ0v) is 12.7. The average molecular weight is 291 g/mol. The Morgan fingerprint density at radius 1 is 1.19 bits per heavy atom. The molecule has 0 heterocycles. The lowest BCUT2D eigenvalue weighted by Crippen LogP contribution is -2.34. The van der Waals surface area contributed by atoms with E-state index in [1.54, 1.807) is 13.1 Å². The van der Waals surface area contributed by atoms with Gasteiger partial charge >= 0.3 is 11.9 Å². The number of carbonyl (C=O) groups is 2. The van der Waals surface area contributed by atoms with Gasteiger partial charge in [-0.3, -0.25) is 9.79 Å². The summed E-state index contributed by atoms with van der Waals surface area (Å²) in [4.78, 5) is 27.5. The molecular weight excluding hydrogens is 270 g/mol. The Morgan fingerprint density at radius 3 is 2.43 bits per heavy atom. The van der Waals surface area contributed by atoms with Gasteiger partial charge in [0.15, 0.2) is 5.54 Å². The Bertz CT molecular complexity index is 498. The molecule has 0 spiro atoms. The summed E-state index contributed by atoms with van der Waals surface area (Å²) in [5.41, 5.74) is -0.0980. The van der Waals surface area contributed by atoms with Gasteiger partial charge < -0.3 is 9.47 Å². The highest BCUT2D eigenvalue weighted by molar-refractivity contribution is 5.86. The van der Waals surface area contributed by atoms with Crippen molar-refractivity contribution in [1.29, 1.82) is 0 Å². The Hall–Kier alpha value is -2.17. The third-order valence-corrected chi connectivity index (χ3v) is 3.20. The minimum absolute atomic E-state index is 0.254. The molecule has 0 radical (unpaired) electrons. The van der Waals surface area contributed by atoms with Crippen LogP contribution in [0.4, 0.5) is 0 Å². The van der Waals surface area contributed by atoms with Crippen molar-refractivity contribution >= 4 is 18.2 Å². The summed E-state index contributed by atoms with van der Waals surface area (Å²) in [6.45, 7) is 1.70. The molecule has 5 heteroatoms. The number of hydrogen-bond acceptors (Lipinski definition) is 5. The van der Waals surface area contributed by atoms with E-state index in [1.165, 1.54) is 14.2 Å². The third-order valence-electron chi connectivity index (χ3n) is 3.20. The van der Waals surface area contributed by atoms with Gasteiger partial charge in [0.25, 0.3) is 0 Å². The highest BCUT2D eigenvalue weighted by Gasteiger charge is 2.33. The lowest BCUT2D eigenvalue weighted by atomic mass is 9.95. The summed E-state index contributed by atoms with van der Waals surface area (Å²) < 4.78 is 9.41. The van der Waals surface area contributed by atoms with Crippen molar-refractivity contribution in [2.24, 2.45) is 4.99 Å². The van der Waals surface area contributed by atoms with E-state index in [9.17, 15) is 9.59 Å². The van der Waals surface area contributed by atoms with Crippen LogP contribution in [-0.2, 0) is 19.1 Å². The second kappa shape index (κ2) is 8.19. The van der Waals surface area contributed by atoms with Crippen LogP contribution < -0.4 is 0 Å². The van der Waals surface area contributed by atoms with Gasteiger partial charge in [0.1, 0.15) is 0 Å². The lowest BCUT2D eigenvalue weighted by molar-refractivity contribution is -0.147. The zero-order chi connectivity index (χ0) is 15.7. The molecule has 0 saturated carbocycles. The molecule has 0 amide bonds. The van der Waals surface area contributed by atoms with Crippen LogP contribution in [0.1, 0.15) is 31.7 Å². The van der Waals surface area contributed by atoms with Crippen molar-refractivity contribution < 1.29 is 19.1 Å². The second-order valence-electron chi connectivity index (χ2n) is 4.86. The summed E-state index contributed by atoms with van der Waals surface area (Å²) in [5.74, 6) is -0.714. The maximum absolute atomic E-state index is 11.9. The summed E-state index contributed by atoms with van der Waals surface area (Å²) in [6.07, 6.45) is 2.82. The van der Waals surface area contributed by atoms with E-state index in [0.29, 0.717) is 12.8 Å². The Labute approximate surface area is 125 Å². The Balaban J connectivity index is 2.76. The minimum atomic E-state index is -1.00. The maximum atomic E-state index is 11.9. The summed E-state index contributed by atoms with van der Waals surface area (Å²) in [5, 5.41) is 0. The number of nitrogens with zero attached hydrogens (tertiary/aromatic N) is 1. The molecule has 1 aromatic carbocycles. The topological polar surface area (TPSA) is 65.0 Å². The summed E-state index contributed by atoms with van der Waals surface area (Å²) in [6, 6.07) is 9.50. The van der Waals surface area contributed by atoms with Crippen LogP contribution in [0.25, 0.3) is 0 Å². The Morgan fingerprint density at radius 2 is 1.86 bits per heavy atom. The molecule has 21 heavy (non-hydrogen) atoms. The van der Waals surface area contributed by atoms with Gasteiger partial charge in [-0.1, -0.05) is 30.3 Å². The molecule has 0 aliphatic rings. The van der Waals surface area contributed by atoms with Crippen LogP contribution in [0, 0.1) is 0 Å². The SMILES string of the molecule is COC(=O)CCCC(C)(N=Cc1ccccc1)C(=O)OC. The second-order valence-corrected chi connectivity index (χ2v) is 4.86. The van der Waals surface area contributed by atoms with Gasteiger partial charge in [-0.05, 0) is 25.3 Å². The van der Waals surface area contributed by atoms with E-state index in [1.807, 2.05) is 30.3 Å². The number of ether oxygens (including phenoxy) is 2. The van der Waals surface area contributed by atoms with E-state index >= 15 is 0 Å². The molecule has 0 aliphatic heterocycles. The van der Waals surface area contributed by atoms with Gasteiger partial charge in [0.05, 0.1) is 14.2 Å². The number of esters is 2. The van der Waals surface area contributed by atoms with Crippen molar-refractivity contribution in [3.8, 4) is 0 Å².